The number of piperidine rings is 1. The lowest BCUT2D eigenvalue weighted by molar-refractivity contribution is -0.203. The van der Waals surface area contributed by atoms with Crippen LogP contribution in [0, 0.1) is 28.6 Å². The van der Waals surface area contributed by atoms with Crippen molar-refractivity contribution in [1.82, 2.24) is 15.5 Å². The van der Waals surface area contributed by atoms with Crippen LogP contribution in [-0.2, 0) is 0 Å². The van der Waals surface area contributed by atoms with Gasteiger partial charge in [0.25, 0.3) is 0 Å². The molecule has 210 valence electrons. The van der Waals surface area contributed by atoms with E-state index in [0.29, 0.717) is 23.8 Å². The predicted molar refractivity (Wildman–Crippen MR) is 147 cm³/mol. The number of hydrogen-bond acceptors (Lipinski definition) is 5. The van der Waals surface area contributed by atoms with Gasteiger partial charge in [0, 0.05) is 37.2 Å². The van der Waals surface area contributed by atoms with Gasteiger partial charge in [0.1, 0.15) is 0 Å². The lowest BCUT2D eigenvalue weighted by atomic mass is 9.43. The highest BCUT2D eigenvalue weighted by Gasteiger charge is 2.67. The molecular formula is C31H47N3O4. The normalized spacial score (nSPS) is 44.4. The van der Waals surface area contributed by atoms with Gasteiger partial charge in [-0.25, -0.2) is 9.59 Å². The first-order valence-electron chi connectivity index (χ1n) is 15.2. The van der Waals surface area contributed by atoms with Crippen molar-refractivity contribution in [1.29, 1.82) is 0 Å². The van der Waals surface area contributed by atoms with Crippen LogP contribution in [0.25, 0.3) is 0 Å². The van der Waals surface area contributed by atoms with Crippen LogP contribution in [0.4, 0.5) is 4.79 Å². The number of fused-ring (bicyclic) bond motifs is 5. The summed E-state index contributed by atoms with van der Waals surface area (Å²) < 4.78 is 5.24. The van der Waals surface area contributed by atoms with Gasteiger partial charge in [0.05, 0.1) is 11.9 Å². The second-order valence-corrected chi connectivity index (χ2v) is 13.9. The second kappa shape index (κ2) is 9.65. The average molecular weight is 526 g/mol. The molecule has 2 heterocycles. The number of carbonyl (C=O) groups is 1. The Labute approximate surface area is 227 Å². The number of hydrogen-bond donors (Lipinski definition) is 3. The van der Waals surface area contributed by atoms with Gasteiger partial charge in [-0.1, -0.05) is 13.8 Å². The third kappa shape index (κ3) is 4.06. The molecule has 4 saturated carbocycles. The summed E-state index contributed by atoms with van der Waals surface area (Å²) in [6.07, 6.45) is 13.2. The fourth-order valence-electron chi connectivity index (χ4n) is 10.1. The van der Waals surface area contributed by atoms with Crippen LogP contribution in [0.15, 0.2) is 27.6 Å². The first-order chi connectivity index (χ1) is 18.2. The number of rotatable bonds is 3. The summed E-state index contributed by atoms with van der Waals surface area (Å²) in [5, 5.41) is 19.1. The number of nitrogens with zero attached hydrogens (tertiary/aromatic N) is 1. The predicted octanol–water partition coefficient (Wildman–Crippen LogP) is 4.64. The topological polar surface area (TPSA) is 94.8 Å². The zero-order valence-corrected chi connectivity index (χ0v) is 23.5. The number of amides is 2. The lowest BCUT2D eigenvalue weighted by Crippen LogP contribution is -2.62. The molecule has 6 rings (SSSR count). The first kappa shape index (κ1) is 26.4. The minimum absolute atomic E-state index is 0.0810. The van der Waals surface area contributed by atoms with Gasteiger partial charge in [-0.2, -0.15) is 0 Å². The lowest BCUT2D eigenvalue weighted by Gasteiger charge is -2.64. The molecule has 1 saturated heterocycles. The molecule has 0 bridgehead atoms. The Morgan fingerprint density at radius 3 is 2.66 bits per heavy atom. The van der Waals surface area contributed by atoms with E-state index in [1.807, 2.05) is 18.0 Å². The van der Waals surface area contributed by atoms with Gasteiger partial charge < -0.3 is 25.1 Å². The molecule has 7 heteroatoms. The molecular weight excluding hydrogens is 478 g/mol. The Morgan fingerprint density at radius 1 is 1.08 bits per heavy atom. The maximum Gasteiger partial charge on any atom is 0.335 e. The van der Waals surface area contributed by atoms with Crippen molar-refractivity contribution in [2.75, 3.05) is 20.1 Å². The van der Waals surface area contributed by atoms with E-state index in [2.05, 4.69) is 24.5 Å². The van der Waals surface area contributed by atoms with Gasteiger partial charge in [0.15, 0.2) is 0 Å². The molecule has 2 amide bonds. The Morgan fingerprint density at radius 2 is 1.92 bits per heavy atom. The van der Waals surface area contributed by atoms with Crippen LogP contribution < -0.4 is 16.3 Å². The molecule has 3 N–H and O–H groups in total. The van der Waals surface area contributed by atoms with E-state index in [-0.39, 0.29) is 34.4 Å². The van der Waals surface area contributed by atoms with Crippen LogP contribution in [0.3, 0.4) is 0 Å². The van der Waals surface area contributed by atoms with Crippen LogP contribution in [-0.4, -0.2) is 53.9 Å². The SMILES string of the molecule is CN(C(=O)NC1CCCNC1)[C@H]1CC[C@@]2(C)[C@H](CC[C@@H]3[C@@H]2CC[C@]2(C)[C@@H](c4ccc(=O)oc4)CC[C@]32O)C1. The van der Waals surface area contributed by atoms with Crippen molar-refractivity contribution < 1.29 is 14.3 Å². The number of urea groups is 1. The van der Waals surface area contributed by atoms with Gasteiger partial charge in [-0.15, -0.1) is 0 Å². The van der Waals surface area contributed by atoms with E-state index in [9.17, 15) is 14.7 Å². The summed E-state index contributed by atoms with van der Waals surface area (Å²) >= 11 is 0. The van der Waals surface area contributed by atoms with E-state index >= 15 is 0 Å². The van der Waals surface area contributed by atoms with Crippen molar-refractivity contribution in [3.05, 3.63) is 34.4 Å². The summed E-state index contributed by atoms with van der Waals surface area (Å²) in [6.45, 7) is 6.72. The molecule has 5 fully saturated rings. The highest BCUT2D eigenvalue weighted by Crippen LogP contribution is 2.70. The molecule has 0 radical (unpaired) electrons. The quantitative estimate of drug-likeness (QED) is 0.534. The Balaban J connectivity index is 1.16. The van der Waals surface area contributed by atoms with Crippen molar-refractivity contribution in [3.63, 3.8) is 0 Å². The largest absolute Gasteiger partial charge is 0.431 e. The third-order valence-electron chi connectivity index (χ3n) is 12.4. The Bertz CT molecular complexity index is 1080. The van der Waals surface area contributed by atoms with Gasteiger partial charge >= 0.3 is 11.7 Å². The molecule has 0 spiro atoms. The van der Waals surface area contributed by atoms with Crippen LogP contribution in [0.1, 0.15) is 96.0 Å². The molecule has 4 aliphatic carbocycles. The minimum Gasteiger partial charge on any atom is -0.431 e. The highest BCUT2D eigenvalue weighted by molar-refractivity contribution is 5.74. The number of aliphatic hydroxyl groups is 1. The number of carbonyl (C=O) groups excluding carboxylic acids is 1. The fourth-order valence-corrected chi connectivity index (χ4v) is 10.1. The monoisotopic (exact) mass is 525 g/mol. The fraction of sp³-hybridized carbons (Fsp3) is 0.806. The van der Waals surface area contributed by atoms with Crippen molar-refractivity contribution >= 4 is 6.03 Å². The molecule has 0 aromatic carbocycles. The standard InChI is InChI=1S/C31H47N3O4/c1-29-13-10-23(34(3)28(36)33-22-5-4-16-32-18-22)17-21(29)7-8-26-25(29)11-14-30(2)24(12-15-31(26,30)37)20-6-9-27(35)38-19-20/h6,9,19,21-26,32,37H,4-5,7-8,10-18H2,1-3H3,(H,33,36)/t21-,22?,23+,24-,25+,26-,29+,30-,31+/m1/s1. The van der Waals surface area contributed by atoms with Crippen molar-refractivity contribution in [2.24, 2.45) is 28.6 Å². The Kier molecular flexibility index (Phi) is 6.70. The van der Waals surface area contributed by atoms with Crippen LogP contribution in [0.5, 0.6) is 0 Å². The molecule has 1 aromatic rings. The Hall–Kier alpha value is -1.86. The molecule has 9 atom stereocenters. The van der Waals surface area contributed by atoms with Gasteiger partial charge in [-0.05, 0) is 118 Å². The molecule has 5 aliphatic rings. The molecule has 7 nitrogen and oxygen atoms in total. The summed E-state index contributed by atoms with van der Waals surface area (Å²) in [7, 11) is 1.99. The first-order valence-corrected chi connectivity index (χ1v) is 15.2. The van der Waals surface area contributed by atoms with E-state index in [0.717, 1.165) is 89.3 Å². The van der Waals surface area contributed by atoms with E-state index in [1.165, 1.54) is 6.07 Å². The second-order valence-electron chi connectivity index (χ2n) is 13.9. The summed E-state index contributed by atoms with van der Waals surface area (Å²) in [5.74, 6) is 1.67. The maximum absolute atomic E-state index is 13.1. The molecule has 1 aliphatic heterocycles. The third-order valence-corrected chi connectivity index (χ3v) is 12.4. The van der Waals surface area contributed by atoms with E-state index < -0.39 is 5.60 Å². The number of nitrogens with one attached hydrogen (secondary N) is 2. The highest BCUT2D eigenvalue weighted by atomic mass is 16.4. The summed E-state index contributed by atoms with van der Waals surface area (Å²) in [4.78, 5) is 26.6. The van der Waals surface area contributed by atoms with Crippen LogP contribution in [0.2, 0.25) is 0 Å². The van der Waals surface area contributed by atoms with Crippen molar-refractivity contribution in [3.8, 4) is 0 Å². The van der Waals surface area contributed by atoms with Gasteiger partial charge in [-0.3, -0.25) is 0 Å². The average Bonchev–Trinajstić information content (AvgIpc) is 3.20. The smallest absolute Gasteiger partial charge is 0.335 e. The maximum atomic E-state index is 13.1. The van der Waals surface area contributed by atoms with Crippen LogP contribution >= 0.6 is 0 Å². The van der Waals surface area contributed by atoms with E-state index in [1.54, 1.807) is 6.26 Å². The minimum atomic E-state index is -0.674. The molecule has 38 heavy (non-hydrogen) atoms. The zero-order chi connectivity index (χ0) is 26.7. The van der Waals surface area contributed by atoms with Crippen molar-refractivity contribution in [2.45, 2.75) is 108 Å². The summed E-state index contributed by atoms with van der Waals surface area (Å²) in [6, 6.07) is 4.05. The van der Waals surface area contributed by atoms with Gasteiger partial charge in [0.2, 0.25) is 0 Å². The van der Waals surface area contributed by atoms with E-state index in [4.69, 9.17) is 4.42 Å². The summed E-state index contributed by atoms with van der Waals surface area (Å²) in [5.41, 5.74) is 0.102. The molecule has 1 unspecified atom stereocenters. The molecule has 1 aromatic heterocycles. The zero-order valence-electron chi connectivity index (χ0n) is 23.5.